The van der Waals surface area contributed by atoms with Crippen LogP contribution >= 0.6 is 0 Å². The number of pyridine rings is 1. The Labute approximate surface area is 90.9 Å². The number of hydrogen-bond donors (Lipinski definition) is 1. The molecular weight excluding hydrogens is 188 g/mol. The van der Waals surface area contributed by atoms with Gasteiger partial charge in [-0.3, -0.25) is 0 Å². The molecule has 1 saturated carbocycles. The molecule has 1 aliphatic carbocycles. The molecule has 82 valence electrons. The molecule has 3 nitrogen and oxygen atoms in total. The van der Waals surface area contributed by atoms with E-state index in [0.29, 0.717) is 12.7 Å². The van der Waals surface area contributed by atoms with Crippen LogP contribution in [0.25, 0.3) is 0 Å². The molecule has 0 radical (unpaired) electrons. The number of rotatable bonds is 5. The van der Waals surface area contributed by atoms with Crippen LogP contribution in [0.1, 0.15) is 31.7 Å². The lowest BCUT2D eigenvalue weighted by Crippen LogP contribution is -2.21. The molecule has 3 heteroatoms. The Bertz CT molecular complexity index is 310. The first-order valence-electron chi connectivity index (χ1n) is 5.69. The summed E-state index contributed by atoms with van der Waals surface area (Å²) in [5.74, 6) is 0.937. The standard InChI is InChI=1S/C12H18N2O/c1-2-13-12-8-10(6-7-14-12)9-15-11-4-3-5-11/h6-8,11H,2-5,9H2,1H3,(H,13,14). The molecule has 1 heterocycles. The summed E-state index contributed by atoms with van der Waals surface area (Å²) in [7, 11) is 0. The van der Waals surface area contributed by atoms with Crippen LogP contribution < -0.4 is 5.32 Å². The van der Waals surface area contributed by atoms with E-state index in [2.05, 4.69) is 23.3 Å². The highest BCUT2D eigenvalue weighted by atomic mass is 16.5. The van der Waals surface area contributed by atoms with Gasteiger partial charge in [-0.2, -0.15) is 0 Å². The average Bonchev–Trinajstić information content (AvgIpc) is 2.16. The summed E-state index contributed by atoms with van der Waals surface area (Å²) in [5.41, 5.74) is 1.20. The highest BCUT2D eigenvalue weighted by molar-refractivity contribution is 5.36. The van der Waals surface area contributed by atoms with Crippen molar-refractivity contribution in [3.63, 3.8) is 0 Å². The van der Waals surface area contributed by atoms with Crippen molar-refractivity contribution in [1.82, 2.24) is 4.98 Å². The van der Waals surface area contributed by atoms with Crippen molar-refractivity contribution in [2.24, 2.45) is 0 Å². The number of nitrogens with zero attached hydrogens (tertiary/aromatic N) is 1. The predicted octanol–water partition coefficient (Wildman–Crippen LogP) is 2.58. The molecular formula is C12H18N2O. The molecule has 0 spiro atoms. The van der Waals surface area contributed by atoms with Gasteiger partial charge in [0.1, 0.15) is 5.82 Å². The second-order valence-electron chi connectivity index (χ2n) is 3.94. The minimum absolute atomic E-state index is 0.501. The van der Waals surface area contributed by atoms with E-state index >= 15 is 0 Å². The first kappa shape index (κ1) is 10.4. The van der Waals surface area contributed by atoms with E-state index in [1.807, 2.05) is 12.3 Å². The second-order valence-corrected chi connectivity index (χ2v) is 3.94. The molecule has 0 saturated heterocycles. The van der Waals surface area contributed by atoms with Crippen LogP contribution in [0.15, 0.2) is 18.3 Å². The summed E-state index contributed by atoms with van der Waals surface area (Å²) in [6, 6.07) is 4.07. The molecule has 1 fully saturated rings. The number of ether oxygens (including phenoxy) is 1. The van der Waals surface area contributed by atoms with Gasteiger partial charge in [0.25, 0.3) is 0 Å². The predicted molar refractivity (Wildman–Crippen MR) is 60.8 cm³/mol. The van der Waals surface area contributed by atoms with E-state index in [9.17, 15) is 0 Å². The lowest BCUT2D eigenvalue weighted by molar-refractivity contribution is -0.00866. The van der Waals surface area contributed by atoms with Gasteiger partial charge in [-0.25, -0.2) is 4.98 Å². The first-order chi connectivity index (χ1) is 7.38. The normalized spacial score (nSPS) is 16.1. The summed E-state index contributed by atoms with van der Waals surface area (Å²) < 4.78 is 5.74. The van der Waals surface area contributed by atoms with Gasteiger partial charge in [0.2, 0.25) is 0 Å². The molecule has 2 rings (SSSR count). The zero-order chi connectivity index (χ0) is 10.5. The van der Waals surface area contributed by atoms with Crippen LogP contribution in [0.2, 0.25) is 0 Å². The summed E-state index contributed by atoms with van der Waals surface area (Å²) in [5, 5.41) is 3.20. The van der Waals surface area contributed by atoms with Crippen LogP contribution in [0.5, 0.6) is 0 Å². The Morgan fingerprint density at radius 1 is 1.53 bits per heavy atom. The smallest absolute Gasteiger partial charge is 0.126 e. The molecule has 1 aromatic heterocycles. The first-order valence-corrected chi connectivity index (χ1v) is 5.69. The highest BCUT2D eigenvalue weighted by Gasteiger charge is 2.17. The minimum Gasteiger partial charge on any atom is -0.374 e. The molecule has 0 atom stereocenters. The monoisotopic (exact) mass is 206 g/mol. The lowest BCUT2D eigenvalue weighted by atomic mass is 9.96. The fourth-order valence-corrected chi connectivity index (χ4v) is 1.59. The van der Waals surface area contributed by atoms with E-state index in [-0.39, 0.29) is 0 Å². The summed E-state index contributed by atoms with van der Waals surface area (Å²) in [6.45, 7) is 3.69. The average molecular weight is 206 g/mol. The van der Waals surface area contributed by atoms with Gasteiger partial charge >= 0.3 is 0 Å². The number of nitrogens with one attached hydrogen (secondary N) is 1. The van der Waals surface area contributed by atoms with Crippen molar-refractivity contribution >= 4 is 5.82 Å². The quantitative estimate of drug-likeness (QED) is 0.804. The molecule has 1 aromatic rings. The molecule has 0 bridgehead atoms. The summed E-state index contributed by atoms with van der Waals surface area (Å²) in [6.07, 6.45) is 6.11. The maximum Gasteiger partial charge on any atom is 0.126 e. The largest absolute Gasteiger partial charge is 0.374 e. The molecule has 1 N–H and O–H groups in total. The van der Waals surface area contributed by atoms with Crippen LogP contribution in [0, 0.1) is 0 Å². The maximum absolute atomic E-state index is 5.74. The van der Waals surface area contributed by atoms with Crippen molar-refractivity contribution in [2.75, 3.05) is 11.9 Å². The molecule has 1 aliphatic rings. The minimum atomic E-state index is 0.501. The van der Waals surface area contributed by atoms with Crippen LogP contribution in [0.3, 0.4) is 0 Å². The molecule has 0 aliphatic heterocycles. The van der Waals surface area contributed by atoms with Gasteiger partial charge in [-0.1, -0.05) is 0 Å². The van der Waals surface area contributed by atoms with E-state index in [1.165, 1.54) is 24.8 Å². The van der Waals surface area contributed by atoms with E-state index < -0.39 is 0 Å². The molecule has 0 amide bonds. The zero-order valence-corrected chi connectivity index (χ0v) is 9.20. The van der Waals surface area contributed by atoms with Gasteiger partial charge in [0.15, 0.2) is 0 Å². The molecule has 0 aromatic carbocycles. The number of hydrogen-bond acceptors (Lipinski definition) is 3. The maximum atomic E-state index is 5.74. The van der Waals surface area contributed by atoms with Crippen molar-refractivity contribution in [3.05, 3.63) is 23.9 Å². The van der Waals surface area contributed by atoms with Crippen molar-refractivity contribution < 1.29 is 4.74 Å². The van der Waals surface area contributed by atoms with E-state index in [4.69, 9.17) is 4.74 Å². The number of aromatic nitrogens is 1. The third-order valence-electron chi connectivity index (χ3n) is 2.72. The van der Waals surface area contributed by atoms with E-state index in [0.717, 1.165) is 12.4 Å². The van der Waals surface area contributed by atoms with Gasteiger partial charge in [-0.05, 0) is 43.9 Å². The van der Waals surface area contributed by atoms with Gasteiger partial charge < -0.3 is 10.1 Å². The fourth-order valence-electron chi connectivity index (χ4n) is 1.59. The SMILES string of the molecule is CCNc1cc(COC2CCC2)ccn1. The molecule has 15 heavy (non-hydrogen) atoms. The lowest BCUT2D eigenvalue weighted by Gasteiger charge is -2.25. The number of anilines is 1. The van der Waals surface area contributed by atoms with Crippen molar-refractivity contribution in [2.45, 2.75) is 38.9 Å². The Hall–Kier alpha value is -1.09. The summed E-state index contributed by atoms with van der Waals surface area (Å²) >= 11 is 0. The fraction of sp³-hybridized carbons (Fsp3) is 0.583. The van der Waals surface area contributed by atoms with Crippen LogP contribution in [-0.4, -0.2) is 17.6 Å². The van der Waals surface area contributed by atoms with Crippen molar-refractivity contribution in [3.8, 4) is 0 Å². The Balaban J connectivity index is 1.86. The topological polar surface area (TPSA) is 34.1 Å². The molecule has 0 unspecified atom stereocenters. The van der Waals surface area contributed by atoms with E-state index in [1.54, 1.807) is 0 Å². The highest BCUT2D eigenvalue weighted by Crippen LogP contribution is 2.23. The second kappa shape index (κ2) is 5.12. The summed E-state index contributed by atoms with van der Waals surface area (Å²) in [4.78, 5) is 4.22. The van der Waals surface area contributed by atoms with Crippen molar-refractivity contribution in [1.29, 1.82) is 0 Å². The van der Waals surface area contributed by atoms with Gasteiger partial charge in [0.05, 0.1) is 12.7 Å². The van der Waals surface area contributed by atoms with Gasteiger partial charge in [-0.15, -0.1) is 0 Å². The zero-order valence-electron chi connectivity index (χ0n) is 9.20. The third-order valence-corrected chi connectivity index (χ3v) is 2.72. The van der Waals surface area contributed by atoms with Gasteiger partial charge in [0, 0.05) is 12.7 Å². The van der Waals surface area contributed by atoms with Crippen LogP contribution in [-0.2, 0) is 11.3 Å². The van der Waals surface area contributed by atoms with Crippen LogP contribution in [0.4, 0.5) is 5.82 Å². The Morgan fingerprint density at radius 2 is 2.40 bits per heavy atom. The third kappa shape index (κ3) is 2.93. The Morgan fingerprint density at radius 3 is 3.07 bits per heavy atom. The Kier molecular flexibility index (Phi) is 3.56.